The van der Waals surface area contributed by atoms with Crippen LogP contribution in [-0.4, -0.2) is 12.7 Å². The summed E-state index contributed by atoms with van der Waals surface area (Å²) < 4.78 is 5.99. The third-order valence-electron chi connectivity index (χ3n) is 5.64. The molecule has 3 aromatic rings. The van der Waals surface area contributed by atoms with E-state index in [9.17, 15) is 0 Å². The van der Waals surface area contributed by atoms with Crippen molar-refractivity contribution in [2.24, 2.45) is 5.92 Å². The maximum Gasteiger partial charge on any atom is 0.0544 e. The summed E-state index contributed by atoms with van der Waals surface area (Å²) >= 11 is 0. The Bertz CT molecular complexity index is 864. The average Bonchev–Trinajstić information content (AvgIpc) is 2.65. The minimum Gasteiger partial charge on any atom is -0.378 e. The molecule has 3 aromatic carbocycles. The Labute approximate surface area is 144 Å². The Hall–Kier alpha value is -1.86. The standard InChI is InChI=1S/C23H26O/c1-3-16(2)24-15-17-8-11-21-19(14-17)10-13-22-20-7-5-4-6-18(20)9-12-23(21)22/h4-7,9-10,12-13,16-17H,3,8,11,14-15H2,1-2H3. The van der Waals surface area contributed by atoms with Crippen molar-refractivity contribution in [3.05, 3.63) is 59.7 Å². The lowest BCUT2D eigenvalue weighted by molar-refractivity contribution is 0.0350. The van der Waals surface area contributed by atoms with Crippen LogP contribution in [0.1, 0.15) is 37.8 Å². The van der Waals surface area contributed by atoms with Crippen molar-refractivity contribution in [1.82, 2.24) is 0 Å². The van der Waals surface area contributed by atoms with E-state index in [4.69, 9.17) is 4.74 Å². The van der Waals surface area contributed by atoms with Crippen LogP contribution >= 0.6 is 0 Å². The second kappa shape index (κ2) is 6.57. The number of hydrogen-bond acceptors (Lipinski definition) is 1. The highest BCUT2D eigenvalue weighted by Crippen LogP contribution is 2.35. The van der Waals surface area contributed by atoms with Gasteiger partial charge < -0.3 is 4.74 Å². The van der Waals surface area contributed by atoms with Crippen LogP contribution in [0.5, 0.6) is 0 Å². The predicted molar refractivity (Wildman–Crippen MR) is 103 cm³/mol. The van der Waals surface area contributed by atoms with Gasteiger partial charge in [0.25, 0.3) is 0 Å². The highest BCUT2D eigenvalue weighted by atomic mass is 16.5. The van der Waals surface area contributed by atoms with Crippen molar-refractivity contribution in [2.45, 2.75) is 45.6 Å². The molecule has 1 heteroatoms. The van der Waals surface area contributed by atoms with Crippen LogP contribution in [0.2, 0.25) is 0 Å². The van der Waals surface area contributed by atoms with Gasteiger partial charge in [-0.25, -0.2) is 0 Å². The van der Waals surface area contributed by atoms with Gasteiger partial charge in [0.15, 0.2) is 0 Å². The van der Waals surface area contributed by atoms with Crippen molar-refractivity contribution >= 4 is 21.5 Å². The Morgan fingerprint density at radius 2 is 1.83 bits per heavy atom. The van der Waals surface area contributed by atoms with Crippen LogP contribution in [0.15, 0.2) is 48.5 Å². The van der Waals surface area contributed by atoms with Crippen LogP contribution < -0.4 is 0 Å². The lowest BCUT2D eigenvalue weighted by atomic mass is 9.81. The molecule has 0 radical (unpaired) electrons. The molecule has 1 aliphatic carbocycles. The predicted octanol–water partition coefficient (Wildman–Crippen LogP) is 5.91. The van der Waals surface area contributed by atoms with Gasteiger partial charge in [-0.05, 0) is 71.2 Å². The number of hydrogen-bond donors (Lipinski definition) is 0. The molecule has 0 aromatic heterocycles. The van der Waals surface area contributed by atoms with E-state index < -0.39 is 0 Å². The van der Waals surface area contributed by atoms with Crippen molar-refractivity contribution in [2.75, 3.05) is 6.61 Å². The van der Waals surface area contributed by atoms with Gasteiger partial charge in [-0.1, -0.05) is 55.5 Å². The molecule has 2 unspecified atom stereocenters. The van der Waals surface area contributed by atoms with Gasteiger partial charge in [0.1, 0.15) is 0 Å². The van der Waals surface area contributed by atoms with Crippen molar-refractivity contribution in [3.63, 3.8) is 0 Å². The molecule has 0 aliphatic heterocycles. The van der Waals surface area contributed by atoms with Crippen molar-refractivity contribution < 1.29 is 4.74 Å². The zero-order valence-corrected chi connectivity index (χ0v) is 14.7. The summed E-state index contributed by atoms with van der Waals surface area (Å²) in [4.78, 5) is 0. The lowest BCUT2D eigenvalue weighted by Crippen LogP contribution is -2.22. The maximum atomic E-state index is 5.99. The molecule has 124 valence electrons. The summed E-state index contributed by atoms with van der Waals surface area (Å²) in [6, 6.07) is 18.0. The number of ether oxygens (including phenoxy) is 1. The molecule has 0 fully saturated rings. The Kier molecular flexibility index (Phi) is 4.28. The molecular weight excluding hydrogens is 292 g/mol. The van der Waals surface area contributed by atoms with Crippen LogP contribution in [0.4, 0.5) is 0 Å². The zero-order chi connectivity index (χ0) is 16.5. The smallest absolute Gasteiger partial charge is 0.0544 e. The van der Waals surface area contributed by atoms with Crippen LogP contribution in [-0.2, 0) is 17.6 Å². The topological polar surface area (TPSA) is 9.23 Å². The third-order valence-corrected chi connectivity index (χ3v) is 5.64. The summed E-state index contributed by atoms with van der Waals surface area (Å²) in [6.07, 6.45) is 5.07. The Morgan fingerprint density at radius 1 is 1.00 bits per heavy atom. The highest BCUT2D eigenvalue weighted by Gasteiger charge is 2.21. The average molecular weight is 318 g/mol. The number of benzene rings is 3. The maximum absolute atomic E-state index is 5.99. The third kappa shape index (κ3) is 2.82. The van der Waals surface area contributed by atoms with E-state index in [0.717, 1.165) is 19.4 Å². The van der Waals surface area contributed by atoms with E-state index in [0.29, 0.717) is 12.0 Å². The Morgan fingerprint density at radius 3 is 2.71 bits per heavy atom. The SMILES string of the molecule is CCC(C)OCC1CCc2c(ccc3c2ccc2ccccc23)C1. The molecule has 4 rings (SSSR count). The largest absolute Gasteiger partial charge is 0.378 e. The fourth-order valence-electron chi connectivity index (χ4n) is 4.00. The summed E-state index contributed by atoms with van der Waals surface area (Å²) in [5.74, 6) is 0.671. The molecule has 2 atom stereocenters. The Balaban J connectivity index is 1.66. The van der Waals surface area contributed by atoms with Crippen LogP contribution in [0, 0.1) is 5.92 Å². The summed E-state index contributed by atoms with van der Waals surface area (Å²) in [5, 5.41) is 5.56. The summed E-state index contributed by atoms with van der Waals surface area (Å²) in [7, 11) is 0. The summed E-state index contributed by atoms with van der Waals surface area (Å²) in [6.45, 7) is 5.27. The normalized spacial score (nSPS) is 18.7. The number of fused-ring (bicyclic) bond motifs is 5. The second-order valence-electron chi connectivity index (χ2n) is 7.25. The molecule has 0 amide bonds. The van der Waals surface area contributed by atoms with E-state index >= 15 is 0 Å². The van der Waals surface area contributed by atoms with E-state index in [1.807, 2.05) is 0 Å². The van der Waals surface area contributed by atoms with Crippen molar-refractivity contribution in [3.8, 4) is 0 Å². The van der Waals surface area contributed by atoms with Gasteiger partial charge in [-0.2, -0.15) is 0 Å². The zero-order valence-electron chi connectivity index (χ0n) is 14.7. The second-order valence-corrected chi connectivity index (χ2v) is 7.25. The molecule has 24 heavy (non-hydrogen) atoms. The first-order valence-corrected chi connectivity index (χ1v) is 9.30. The first-order chi connectivity index (χ1) is 11.8. The van der Waals surface area contributed by atoms with Crippen molar-refractivity contribution in [1.29, 1.82) is 0 Å². The van der Waals surface area contributed by atoms with E-state index in [-0.39, 0.29) is 0 Å². The molecular formula is C23H26O. The molecule has 0 N–H and O–H groups in total. The van der Waals surface area contributed by atoms with Gasteiger partial charge in [-0.15, -0.1) is 0 Å². The van der Waals surface area contributed by atoms with Gasteiger partial charge in [0.2, 0.25) is 0 Å². The van der Waals surface area contributed by atoms with Gasteiger partial charge in [0, 0.05) is 0 Å². The molecule has 0 bridgehead atoms. The quantitative estimate of drug-likeness (QED) is 0.543. The first kappa shape index (κ1) is 15.7. The van der Waals surface area contributed by atoms with Gasteiger partial charge in [0.05, 0.1) is 12.7 Å². The molecule has 0 heterocycles. The van der Waals surface area contributed by atoms with Crippen LogP contribution in [0.3, 0.4) is 0 Å². The monoisotopic (exact) mass is 318 g/mol. The number of aryl methyl sites for hydroxylation is 1. The molecule has 0 spiro atoms. The molecule has 1 nitrogen and oxygen atoms in total. The first-order valence-electron chi connectivity index (χ1n) is 9.30. The lowest BCUT2D eigenvalue weighted by Gasteiger charge is -2.27. The molecule has 0 saturated heterocycles. The van der Waals surface area contributed by atoms with E-state index in [1.54, 1.807) is 5.56 Å². The van der Waals surface area contributed by atoms with Crippen LogP contribution in [0.25, 0.3) is 21.5 Å². The van der Waals surface area contributed by atoms with E-state index in [2.05, 4.69) is 62.4 Å². The summed E-state index contributed by atoms with van der Waals surface area (Å²) in [5.41, 5.74) is 3.10. The molecule has 1 aliphatic rings. The minimum atomic E-state index is 0.384. The van der Waals surface area contributed by atoms with Gasteiger partial charge in [-0.3, -0.25) is 0 Å². The molecule has 0 saturated carbocycles. The van der Waals surface area contributed by atoms with Gasteiger partial charge >= 0.3 is 0 Å². The fraction of sp³-hybridized carbons (Fsp3) is 0.391. The van der Waals surface area contributed by atoms with E-state index in [1.165, 1.54) is 39.9 Å². The highest BCUT2D eigenvalue weighted by molar-refractivity contribution is 6.08. The minimum absolute atomic E-state index is 0.384. The fourth-order valence-corrected chi connectivity index (χ4v) is 4.00. The number of rotatable bonds is 4.